The minimum atomic E-state index is -0.0291. The number of allylic oxidation sites excluding steroid dienone is 1. The van der Waals surface area contributed by atoms with Gasteiger partial charge in [0.1, 0.15) is 5.82 Å². The number of carbonyl (C=O) groups excluding carboxylic acids is 1. The van der Waals surface area contributed by atoms with Crippen molar-refractivity contribution >= 4 is 17.7 Å². The Morgan fingerprint density at radius 3 is 2.71 bits per heavy atom. The summed E-state index contributed by atoms with van der Waals surface area (Å²) >= 11 is 1.44. The van der Waals surface area contributed by atoms with Gasteiger partial charge in [-0.25, -0.2) is 0 Å². The van der Waals surface area contributed by atoms with Crippen LogP contribution >= 0.6 is 11.8 Å². The number of hydrogen-bond donors (Lipinski definition) is 1. The summed E-state index contributed by atoms with van der Waals surface area (Å²) in [6.45, 7) is 14.1. The normalized spacial score (nSPS) is 15.6. The first kappa shape index (κ1) is 23.5. The van der Waals surface area contributed by atoms with Gasteiger partial charge in [0.2, 0.25) is 5.91 Å². The lowest BCUT2D eigenvalue weighted by molar-refractivity contribution is -0.119. The lowest BCUT2D eigenvalue weighted by Crippen LogP contribution is -2.32. The molecule has 0 radical (unpaired) electrons. The van der Waals surface area contributed by atoms with Gasteiger partial charge in [-0.2, -0.15) is 0 Å². The maximum atomic E-state index is 12.5. The van der Waals surface area contributed by atoms with E-state index in [9.17, 15) is 4.79 Å². The number of nitrogens with zero attached hydrogens (tertiary/aromatic N) is 4. The van der Waals surface area contributed by atoms with E-state index in [4.69, 9.17) is 0 Å². The van der Waals surface area contributed by atoms with Crippen LogP contribution in [0.2, 0.25) is 0 Å². The summed E-state index contributed by atoms with van der Waals surface area (Å²) in [5.41, 5.74) is 3.62. The summed E-state index contributed by atoms with van der Waals surface area (Å²) in [5, 5.41) is 12.6. The second-order valence-electron chi connectivity index (χ2n) is 8.37. The molecule has 31 heavy (non-hydrogen) atoms. The van der Waals surface area contributed by atoms with E-state index in [0.29, 0.717) is 12.3 Å². The maximum Gasteiger partial charge on any atom is 0.230 e. The molecule has 1 atom stereocenters. The van der Waals surface area contributed by atoms with Gasteiger partial charge in [-0.05, 0) is 63.4 Å². The molecule has 1 saturated heterocycles. The summed E-state index contributed by atoms with van der Waals surface area (Å²) in [6, 6.07) is 6.29. The first-order valence-electron chi connectivity index (χ1n) is 11.2. The van der Waals surface area contributed by atoms with Gasteiger partial charge in [-0.3, -0.25) is 4.79 Å². The van der Waals surface area contributed by atoms with Crippen LogP contribution in [0.25, 0.3) is 0 Å². The molecule has 2 heterocycles. The molecule has 1 amide bonds. The highest BCUT2D eigenvalue weighted by Gasteiger charge is 2.17. The quantitative estimate of drug-likeness (QED) is 0.445. The second kappa shape index (κ2) is 11.5. The molecule has 0 saturated carbocycles. The predicted molar refractivity (Wildman–Crippen MR) is 127 cm³/mol. The molecule has 3 rings (SSSR count). The van der Waals surface area contributed by atoms with Gasteiger partial charge in [-0.1, -0.05) is 42.5 Å². The number of amides is 1. The zero-order chi connectivity index (χ0) is 22.2. The van der Waals surface area contributed by atoms with E-state index in [0.717, 1.165) is 29.5 Å². The zero-order valence-corrected chi connectivity index (χ0v) is 19.9. The predicted octanol–water partition coefficient (Wildman–Crippen LogP) is 4.08. The molecular formula is C24H35N5OS. The van der Waals surface area contributed by atoms with Crippen LogP contribution in [0.5, 0.6) is 0 Å². The molecule has 2 aromatic rings. The van der Waals surface area contributed by atoms with Gasteiger partial charge >= 0.3 is 0 Å². The molecule has 1 aromatic carbocycles. The highest BCUT2D eigenvalue weighted by atomic mass is 32.2. The number of carbonyl (C=O) groups is 1. The highest BCUT2D eigenvalue weighted by Crippen LogP contribution is 2.20. The van der Waals surface area contributed by atoms with Gasteiger partial charge < -0.3 is 14.8 Å². The second-order valence-corrected chi connectivity index (χ2v) is 9.31. The molecule has 6 nitrogen and oxygen atoms in total. The van der Waals surface area contributed by atoms with Gasteiger partial charge in [-0.15, -0.1) is 16.8 Å². The van der Waals surface area contributed by atoms with Crippen molar-refractivity contribution in [1.29, 1.82) is 0 Å². The van der Waals surface area contributed by atoms with Crippen molar-refractivity contribution < 1.29 is 4.79 Å². The SMILES string of the molecule is C=CCn1c(CCN2CCCCC2)nnc1SCC(=O)N[C@H](C)c1ccc(C)c(C)c1. The Morgan fingerprint density at radius 2 is 2.00 bits per heavy atom. The average molecular weight is 442 g/mol. The lowest BCUT2D eigenvalue weighted by Gasteiger charge is -2.26. The van der Waals surface area contributed by atoms with E-state index in [1.54, 1.807) is 0 Å². The van der Waals surface area contributed by atoms with Gasteiger partial charge in [0.15, 0.2) is 5.16 Å². The Hall–Kier alpha value is -2.12. The molecule has 168 valence electrons. The minimum absolute atomic E-state index is 0.00116. The molecule has 1 N–H and O–H groups in total. The summed E-state index contributed by atoms with van der Waals surface area (Å²) < 4.78 is 2.08. The monoisotopic (exact) mass is 441 g/mol. The Kier molecular flexibility index (Phi) is 8.72. The van der Waals surface area contributed by atoms with Crippen LogP contribution in [0.3, 0.4) is 0 Å². The summed E-state index contributed by atoms with van der Waals surface area (Å²) in [7, 11) is 0. The van der Waals surface area contributed by atoms with E-state index in [1.165, 1.54) is 55.2 Å². The van der Waals surface area contributed by atoms with Gasteiger partial charge in [0, 0.05) is 19.5 Å². The number of thioether (sulfide) groups is 1. The number of piperidine rings is 1. The molecule has 0 bridgehead atoms. The topological polar surface area (TPSA) is 63.1 Å². The molecule has 7 heteroatoms. The third kappa shape index (κ3) is 6.68. The third-order valence-electron chi connectivity index (χ3n) is 5.95. The number of rotatable bonds is 10. The van der Waals surface area contributed by atoms with Crippen molar-refractivity contribution in [3.05, 3.63) is 53.4 Å². The van der Waals surface area contributed by atoms with Crippen LogP contribution in [0, 0.1) is 13.8 Å². The van der Waals surface area contributed by atoms with E-state index >= 15 is 0 Å². The lowest BCUT2D eigenvalue weighted by atomic mass is 10.0. The van der Waals surface area contributed by atoms with Crippen LogP contribution in [-0.4, -0.2) is 51.0 Å². The van der Waals surface area contributed by atoms with Crippen molar-refractivity contribution in [2.75, 3.05) is 25.4 Å². The van der Waals surface area contributed by atoms with Crippen LogP contribution < -0.4 is 5.32 Å². The van der Waals surface area contributed by atoms with Crippen LogP contribution in [0.4, 0.5) is 0 Å². The maximum absolute atomic E-state index is 12.5. The van der Waals surface area contributed by atoms with Crippen molar-refractivity contribution in [2.45, 2.75) is 64.2 Å². The number of benzene rings is 1. The Labute approximate surface area is 190 Å². The van der Waals surface area contributed by atoms with Crippen molar-refractivity contribution in [3.8, 4) is 0 Å². The number of nitrogens with one attached hydrogen (secondary N) is 1. The molecule has 1 aliphatic rings. The van der Waals surface area contributed by atoms with Gasteiger partial charge in [0.25, 0.3) is 0 Å². The minimum Gasteiger partial charge on any atom is -0.349 e. The van der Waals surface area contributed by atoms with Crippen LogP contribution in [-0.2, 0) is 17.8 Å². The molecular weight excluding hydrogens is 406 g/mol. The van der Waals surface area contributed by atoms with Crippen molar-refractivity contribution in [3.63, 3.8) is 0 Å². The number of aryl methyl sites for hydroxylation is 2. The Balaban J connectivity index is 1.54. The van der Waals surface area contributed by atoms with Crippen LogP contribution in [0.1, 0.15) is 54.7 Å². The highest BCUT2D eigenvalue weighted by molar-refractivity contribution is 7.99. The standard InChI is InChI=1S/C24H35N5OS/c1-5-12-29-22(11-15-28-13-7-6-8-14-28)26-27-24(29)31-17-23(30)25-20(4)21-10-9-18(2)19(3)16-21/h5,9-10,16,20H,1,6-8,11-15,17H2,2-4H3,(H,25,30)/t20-/m1/s1. The Bertz CT molecular complexity index is 888. The molecule has 1 fully saturated rings. The molecule has 0 unspecified atom stereocenters. The zero-order valence-electron chi connectivity index (χ0n) is 19.1. The van der Waals surface area contributed by atoms with Crippen molar-refractivity contribution in [2.24, 2.45) is 0 Å². The Morgan fingerprint density at radius 1 is 1.23 bits per heavy atom. The number of aromatic nitrogens is 3. The van der Waals surface area contributed by atoms with E-state index < -0.39 is 0 Å². The largest absolute Gasteiger partial charge is 0.349 e. The fourth-order valence-electron chi connectivity index (χ4n) is 3.89. The molecule has 1 aromatic heterocycles. The molecule has 1 aliphatic heterocycles. The number of likely N-dealkylation sites (tertiary alicyclic amines) is 1. The fourth-order valence-corrected chi connectivity index (χ4v) is 4.67. The fraction of sp³-hybridized carbons (Fsp3) is 0.542. The van der Waals surface area contributed by atoms with E-state index in [-0.39, 0.29) is 11.9 Å². The van der Waals surface area contributed by atoms with E-state index in [2.05, 4.69) is 63.6 Å². The summed E-state index contributed by atoms with van der Waals surface area (Å²) in [5.74, 6) is 1.28. The average Bonchev–Trinajstić information content (AvgIpc) is 3.15. The number of hydrogen-bond acceptors (Lipinski definition) is 5. The summed E-state index contributed by atoms with van der Waals surface area (Å²) in [4.78, 5) is 15.0. The first-order valence-corrected chi connectivity index (χ1v) is 12.2. The van der Waals surface area contributed by atoms with Gasteiger partial charge in [0.05, 0.1) is 11.8 Å². The van der Waals surface area contributed by atoms with E-state index in [1.807, 2.05) is 13.0 Å². The first-order chi connectivity index (χ1) is 15.0. The molecule has 0 aliphatic carbocycles. The third-order valence-corrected chi connectivity index (χ3v) is 6.91. The van der Waals surface area contributed by atoms with Crippen LogP contribution in [0.15, 0.2) is 36.0 Å². The van der Waals surface area contributed by atoms with Crippen molar-refractivity contribution in [1.82, 2.24) is 25.0 Å². The summed E-state index contributed by atoms with van der Waals surface area (Å²) in [6.07, 6.45) is 6.65. The smallest absolute Gasteiger partial charge is 0.230 e. The molecule has 0 spiro atoms.